The van der Waals surface area contributed by atoms with Crippen molar-refractivity contribution in [1.29, 1.82) is 0 Å². The number of carbonyl (C=O) groups excluding carboxylic acids is 1. The van der Waals surface area contributed by atoms with Crippen molar-refractivity contribution < 1.29 is 4.79 Å². The minimum absolute atomic E-state index is 0.102. The summed E-state index contributed by atoms with van der Waals surface area (Å²) in [6, 6.07) is 3.67. The topological polar surface area (TPSA) is 96.2 Å². The van der Waals surface area contributed by atoms with Crippen LogP contribution in [0.15, 0.2) is 29.5 Å². The summed E-state index contributed by atoms with van der Waals surface area (Å²) in [5.41, 5.74) is 1.59. The number of rotatable bonds is 6. The van der Waals surface area contributed by atoms with Crippen LogP contribution < -0.4 is 15.8 Å². The van der Waals surface area contributed by atoms with E-state index >= 15 is 0 Å². The molecule has 1 saturated carbocycles. The molecule has 0 aromatic carbocycles. The number of pyridine rings is 2. The number of Topliss-reactive ketones (excluding diaryl/α,β-unsaturated/α-hetero) is 1. The lowest BCUT2D eigenvalue weighted by molar-refractivity contribution is 0.101. The molecule has 3 aliphatic rings. The van der Waals surface area contributed by atoms with Crippen molar-refractivity contribution in [2.75, 3.05) is 23.3 Å². The molecule has 6 rings (SSSR count). The van der Waals surface area contributed by atoms with Crippen LogP contribution in [0, 0.1) is 6.92 Å². The van der Waals surface area contributed by atoms with E-state index in [1.54, 1.807) is 12.4 Å². The molecule has 194 valence electrons. The van der Waals surface area contributed by atoms with E-state index in [0.29, 0.717) is 35.3 Å². The molecule has 3 aromatic heterocycles. The number of hydrogen-bond acceptors (Lipinski definition) is 8. The van der Waals surface area contributed by atoms with Gasteiger partial charge in [-0.3, -0.25) is 14.5 Å². The Labute approximate surface area is 216 Å². The van der Waals surface area contributed by atoms with Gasteiger partial charge in [0, 0.05) is 54.9 Å². The third kappa shape index (κ3) is 4.09. The molecular weight excluding hydrogens is 466 g/mol. The highest BCUT2D eigenvalue weighted by atomic mass is 16.1. The molecule has 9 nitrogen and oxygen atoms in total. The molecule has 2 saturated heterocycles. The van der Waals surface area contributed by atoms with Gasteiger partial charge in [-0.25, -0.2) is 15.0 Å². The summed E-state index contributed by atoms with van der Waals surface area (Å²) < 4.78 is 1.83. The Hall–Kier alpha value is -3.33. The molecule has 3 fully saturated rings. The van der Waals surface area contributed by atoms with E-state index in [0.717, 1.165) is 55.5 Å². The first kappa shape index (κ1) is 24.0. The smallest absolute Gasteiger partial charge is 0.262 e. The van der Waals surface area contributed by atoms with E-state index in [4.69, 9.17) is 4.98 Å². The quantitative estimate of drug-likeness (QED) is 0.502. The van der Waals surface area contributed by atoms with Gasteiger partial charge in [0.05, 0.1) is 23.5 Å². The van der Waals surface area contributed by atoms with Crippen molar-refractivity contribution in [1.82, 2.24) is 24.4 Å². The highest BCUT2D eigenvalue weighted by molar-refractivity contribution is 6.00. The highest BCUT2D eigenvalue weighted by Gasteiger charge is 2.44. The van der Waals surface area contributed by atoms with E-state index in [9.17, 15) is 9.59 Å². The molecule has 0 spiro atoms. The number of aryl methyl sites for hydroxylation is 1. The normalized spacial score (nSPS) is 22.0. The predicted octanol–water partition coefficient (Wildman–Crippen LogP) is 4.23. The Morgan fingerprint density at radius 1 is 1.00 bits per heavy atom. The zero-order valence-corrected chi connectivity index (χ0v) is 22.1. The highest BCUT2D eigenvalue weighted by Crippen LogP contribution is 2.35. The lowest BCUT2D eigenvalue weighted by Crippen LogP contribution is -2.49. The van der Waals surface area contributed by atoms with E-state index in [-0.39, 0.29) is 22.9 Å². The third-order valence-electron chi connectivity index (χ3n) is 8.53. The van der Waals surface area contributed by atoms with Crippen molar-refractivity contribution in [3.05, 3.63) is 46.1 Å². The number of piperazine rings is 1. The van der Waals surface area contributed by atoms with Crippen molar-refractivity contribution in [2.45, 2.75) is 84.0 Å². The first-order valence-corrected chi connectivity index (χ1v) is 13.5. The molecule has 0 radical (unpaired) electrons. The fourth-order valence-corrected chi connectivity index (χ4v) is 6.74. The van der Waals surface area contributed by atoms with Crippen LogP contribution in [0.1, 0.15) is 74.8 Å². The van der Waals surface area contributed by atoms with Gasteiger partial charge in [0.1, 0.15) is 17.5 Å². The second-order valence-corrected chi connectivity index (χ2v) is 11.1. The van der Waals surface area contributed by atoms with Crippen LogP contribution in [0.4, 0.5) is 17.5 Å². The summed E-state index contributed by atoms with van der Waals surface area (Å²) >= 11 is 0. The maximum absolute atomic E-state index is 13.4. The van der Waals surface area contributed by atoms with E-state index in [1.807, 2.05) is 23.8 Å². The number of hydrogen-bond donors (Lipinski definition) is 1. The molecule has 0 amide bonds. The van der Waals surface area contributed by atoms with Crippen LogP contribution in [-0.2, 0) is 0 Å². The molecule has 1 N–H and O–H groups in total. The number of fused-ring (bicyclic) bond motifs is 3. The van der Waals surface area contributed by atoms with Gasteiger partial charge in [-0.05, 0) is 52.5 Å². The number of ketones is 1. The second-order valence-electron chi connectivity index (χ2n) is 11.1. The van der Waals surface area contributed by atoms with Gasteiger partial charge in [-0.2, -0.15) is 0 Å². The summed E-state index contributed by atoms with van der Waals surface area (Å²) in [5, 5.41) is 4.11. The Morgan fingerprint density at radius 3 is 2.38 bits per heavy atom. The van der Waals surface area contributed by atoms with Crippen LogP contribution in [0.2, 0.25) is 0 Å². The van der Waals surface area contributed by atoms with Crippen LogP contribution in [0.3, 0.4) is 0 Å². The molecule has 9 heteroatoms. The van der Waals surface area contributed by atoms with Crippen LogP contribution in [-0.4, -0.2) is 61.4 Å². The Morgan fingerprint density at radius 2 is 1.76 bits per heavy atom. The first-order chi connectivity index (χ1) is 17.8. The Kier molecular flexibility index (Phi) is 5.98. The summed E-state index contributed by atoms with van der Waals surface area (Å²) in [7, 11) is 0. The maximum atomic E-state index is 13.4. The Balaban J connectivity index is 1.28. The van der Waals surface area contributed by atoms with Crippen molar-refractivity contribution in [2.24, 2.45) is 0 Å². The number of likely N-dealkylation sites (tertiary alicyclic amines) is 1. The van der Waals surface area contributed by atoms with Gasteiger partial charge in [0.2, 0.25) is 0 Å². The van der Waals surface area contributed by atoms with Gasteiger partial charge in [0.25, 0.3) is 5.56 Å². The number of carbonyl (C=O) groups is 1. The number of aromatic nitrogens is 4. The average molecular weight is 502 g/mol. The Bertz CT molecular complexity index is 1410. The zero-order chi connectivity index (χ0) is 25.8. The van der Waals surface area contributed by atoms with Crippen molar-refractivity contribution in [3.8, 4) is 0 Å². The van der Waals surface area contributed by atoms with Gasteiger partial charge < -0.3 is 14.8 Å². The number of nitrogens with one attached hydrogen (secondary N) is 1. The fourth-order valence-electron chi connectivity index (χ4n) is 6.74. The average Bonchev–Trinajstić information content (AvgIpc) is 3.62. The summed E-state index contributed by atoms with van der Waals surface area (Å²) in [4.78, 5) is 44.7. The predicted molar refractivity (Wildman–Crippen MR) is 145 cm³/mol. The van der Waals surface area contributed by atoms with Crippen LogP contribution in [0.5, 0.6) is 0 Å². The molecule has 2 aliphatic heterocycles. The maximum Gasteiger partial charge on any atom is 0.262 e. The van der Waals surface area contributed by atoms with Gasteiger partial charge in [-0.1, -0.05) is 12.8 Å². The van der Waals surface area contributed by atoms with E-state index < -0.39 is 0 Å². The van der Waals surface area contributed by atoms with Crippen LogP contribution in [0.25, 0.3) is 10.9 Å². The van der Waals surface area contributed by atoms with Crippen LogP contribution >= 0.6 is 0 Å². The minimum atomic E-state index is -0.197. The summed E-state index contributed by atoms with van der Waals surface area (Å²) in [6.45, 7) is 9.92. The fraction of sp³-hybridized carbons (Fsp3) is 0.536. The molecule has 3 aromatic rings. The standard InChI is InChI=1S/C28H35N7O2/c1-16(2)33-14-21-9-20(33)15-34(21)26-13-30-25(12-31-26)32-24-10-23-22(11-29-24)17(3)27(18(4)36)28(37)35(23)19-7-5-6-8-19/h10-13,16,19-21H,5-9,14-15H2,1-4H3,(H,29,30,32)/t20-,21-/m0/s1. The summed E-state index contributed by atoms with van der Waals surface area (Å²) in [6.07, 6.45) is 10.6. The van der Waals surface area contributed by atoms with Crippen molar-refractivity contribution >= 4 is 34.1 Å². The molecule has 2 atom stereocenters. The second kappa shape index (κ2) is 9.20. The molecular formula is C28H35N7O2. The molecule has 0 unspecified atom stereocenters. The number of nitrogens with zero attached hydrogens (tertiary/aromatic N) is 6. The minimum Gasteiger partial charge on any atom is -0.349 e. The molecule has 1 aliphatic carbocycles. The zero-order valence-electron chi connectivity index (χ0n) is 22.1. The SMILES string of the molecule is CC(=O)c1c(C)c2cnc(Nc3cnc(N4C[C@@H]5C[C@H]4CN5C(C)C)cn3)cc2n(C2CCCC2)c1=O. The lowest BCUT2D eigenvalue weighted by Gasteiger charge is -2.36. The molecule has 37 heavy (non-hydrogen) atoms. The van der Waals surface area contributed by atoms with Gasteiger partial charge in [0.15, 0.2) is 5.78 Å². The molecule has 5 heterocycles. The largest absolute Gasteiger partial charge is 0.349 e. The van der Waals surface area contributed by atoms with Gasteiger partial charge >= 0.3 is 0 Å². The van der Waals surface area contributed by atoms with E-state index in [2.05, 4.69) is 38.9 Å². The monoisotopic (exact) mass is 501 g/mol. The lowest BCUT2D eigenvalue weighted by atomic mass is 10.0. The van der Waals surface area contributed by atoms with Crippen molar-refractivity contribution in [3.63, 3.8) is 0 Å². The first-order valence-electron chi connectivity index (χ1n) is 13.5. The van der Waals surface area contributed by atoms with E-state index in [1.165, 1.54) is 13.3 Å². The van der Waals surface area contributed by atoms with Gasteiger partial charge in [-0.15, -0.1) is 0 Å². The summed E-state index contributed by atoms with van der Waals surface area (Å²) in [5.74, 6) is 1.92. The third-order valence-corrected chi connectivity index (χ3v) is 8.53. The number of anilines is 3. The molecule has 2 bridgehead atoms.